The first-order valence-corrected chi connectivity index (χ1v) is 15.7. The standard InChI is InChI=1S/C32H56N4O2/c1-21(2)8-6-9-22(3)26-12-13-27-25-11-10-23-20-24(38-30(37)36-19-7-18-35-29(33)34)14-16-31(23,4)28(25)15-17-32(26,27)5/h10,21-22,24-28H,6-9,11-20H2,1-5H3,(H,36,37)(H4,33,34,35)/t22-,24+,25+,26-,27+,28+,31?,32-/m1/s1. The van der Waals surface area contributed by atoms with Crippen molar-refractivity contribution in [2.75, 3.05) is 13.1 Å². The molecule has 3 fully saturated rings. The summed E-state index contributed by atoms with van der Waals surface area (Å²) in [4.78, 5) is 16.3. The molecule has 5 N–H and O–H groups in total. The van der Waals surface area contributed by atoms with Crippen LogP contribution in [0.3, 0.4) is 0 Å². The van der Waals surface area contributed by atoms with E-state index >= 15 is 0 Å². The van der Waals surface area contributed by atoms with E-state index in [0.717, 1.165) is 54.8 Å². The molecule has 4 aliphatic carbocycles. The minimum atomic E-state index is -0.314. The molecule has 8 atom stereocenters. The maximum Gasteiger partial charge on any atom is 0.407 e. The van der Waals surface area contributed by atoms with Crippen LogP contribution in [0.25, 0.3) is 0 Å². The Kier molecular flexibility index (Phi) is 9.40. The molecule has 3 saturated carbocycles. The number of guanidine groups is 1. The number of nitrogens with zero attached hydrogens (tertiary/aromatic N) is 1. The fraction of sp³-hybridized carbons (Fsp3) is 0.875. The van der Waals surface area contributed by atoms with Gasteiger partial charge in [0.05, 0.1) is 0 Å². The van der Waals surface area contributed by atoms with E-state index < -0.39 is 0 Å². The molecule has 0 heterocycles. The Bertz CT molecular complexity index is 881. The van der Waals surface area contributed by atoms with Crippen LogP contribution in [0.1, 0.15) is 112 Å². The normalized spacial score (nSPS) is 36.9. The van der Waals surface area contributed by atoms with E-state index in [1.54, 1.807) is 5.57 Å². The third-order valence-electron chi connectivity index (χ3n) is 11.4. The number of amides is 1. The topological polar surface area (TPSA) is 103 Å². The number of nitrogens with two attached hydrogens (primary N) is 2. The van der Waals surface area contributed by atoms with Crippen LogP contribution in [0.5, 0.6) is 0 Å². The lowest BCUT2D eigenvalue weighted by Gasteiger charge is -2.58. The lowest BCUT2D eigenvalue weighted by Crippen LogP contribution is -2.51. The van der Waals surface area contributed by atoms with Gasteiger partial charge in [0.15, 0.2) is 5.96 Å². The summed E-state index contributed by atoms with van der Waals surface area (Å²) in [5.74, 6) is 5.18. The number of aliphatic imine (C=N–C) groups is 1. The van der Waals surface area contributed by atoms with Crippen molar-refractivity contribution >= 4 is 12.1 Å². The first kappa shape index (κ1) is 29.3. The first-order chi connectivity index (χ1) is 18.0. The second kappa shape index (κ2) is 12.2. The Morgan fingerprint density at radius 1 is 1.08 bits per heavy atom. The Labute approximate surface area is 232 Å². The lowest BCUT2D eigenvalue weighted by molar-refractivity contribution is -0.0581. The van der Waals surface area contributed by atoms with Gasteiger partial charge in [-0.1, -0.05) is 65.5 Å². The number of hydrogen-bond donors (Lipinski definition) is 3. The van der Waals surface area contributed by atoms with Crippen molar-refractivity contribution in [3.05, 3.63) is 11.6 Å². The van der Waals surface area contributed by atoms with Gasteiger partial charge in [-0.2, -0.15) is 0 Å². The molecule has 1 amide bonds. The van der Waals surface area contributed by atoms with Crippen LogP contribution < -0.4 is 16.8 Å². The molecule has 0 aliphatic heterocycles. The van der Waals surface area contributed by atoms with Gasteiger partial charge in [0, 0.05) is 19.5 Å². The summed E-state index contributed by atoms with van der Waals surface area (Å²) < 4.78 is 5.85. The number of fused-ring (bicyclic) bond motifs is 5. The van der Waals surface area contributed by atoms with E-state index in [9.17, 15) is 4.79 Å². The quantitative estimate of drug-likeness (QED) is 0.126. The maximum atomic E-state index is 12.4. The van der Waals surface area contributed by atoms with E-state index in [-0.39, 0.29) is 23.6 Å². The summed E-state index contributed by atoms with van der Waals surface area (Å²) in [6.07, 6.45) is 17.0. The first-order valence-electron chi connectivity index (χ1n) is 15.7. The summed E-state index contributed by atoms with van der Waals surface area (Å²) in [6, 6.07) is 0. The molecule has 4 rings (SSSR count). The van der Waals surface area contributed by atoms with E-state index in [2.05, 4.69) is 51.0 Å². The molecule has 0 spiro atoms. The molecule has 4 aliphatic rings. The van der Waals surface area contributed by atoms with Gasteiger partial charge in [-0.05, 0) is 97.7 Å². The molecule has 0 aromatic carbocycles. The van der Waals surface area contributed by atoms with Gasteiger partial charge in [-0.3, -0.25) is 4.99 Å². The Morgan fingerprint density at radius 2 is 1.87 bits per heavy atom. The van der Waals surface area contributed by atoms with Crippen LogP contribution in [0.15, 0.2) is 16.6 Å². The maximum absolute atomic E-state index is 12.4. The van der Waals surface area contributed by atoms with Gasteiger partial charge in [-0.15, -0.1) is 0 Å². The van der Waals surface area contributed by atoms with Crippen LogP contribution in [0, 0.1) is 46.3 Å². The molecular formula is C32H56N4O2. The minimum Gasteiger partial charge on any atom is -0.446 e. The van der Waals surface area contributed by atoms with Gasteiger partial charge in [0.1, 0.15) is 6.10 Å². The fourth-order valence-electron chi connectivity index (χ4n) is 9.42. The number of nitrogens with one attached hydrogen (secondary N) is 1. The Hall–Kier alpha value is -1.72. The Morgan fingerprint density at radius 3 is 2.61 bits per heavy atom. The molecule has 6 heteroatoms. The van der Waals surface area contributed by atoms with Crippen LogP contribution in [-0.2, 0) is 4.74 Å². The fourth-order valence-corrected chi connectivity index (χ4v) is 9.42. The highest BCUT2D eigenvalue weighted by atomic mass is 16.6. The summed E-state index contributed by atoms with van der Waals surface area (Å²) in [5.41, 5.74) is 13.1. The number of carbonyl (C=O) groups excluding carboxylic acids is 1. The van der Waals surface area contributed by atoms with Gasteiger partial charge < -0.3 is 21.5 Å². The third kappa shape index (κ3) is 6.20. The highest BCUT2D eigenvalue weighted by molar-refractivity contribution is 5.75. The summed E-state index contributed by atoms with van der Waals surface area (Å²) >= 11 is 0. The summed E-state index contributed by atoms with van der Waals surface area (Å²) in [6.45, 7) is 13.5. The predicted molar refractivity (Wildman–Crippen MR) is 157 cm³/mol. The number of hydrogen-bond acceptors (Lipinski definition) is 3. The SMILES string of the molecule is CC(C)CCC[C@@H](C)[C@H]1CC[C@H]2[C@@H]3CC=C4C[C@@H](OC(=O)NCCCN=C(N)N)CCC4(C)[C@H]3CC[C@]12C. The number of rotatable bonds is 10. The Balaban J connectivity index is 1.33. The molecule has 0 saturated heterocycles. The smallest absolute Gasteiger partial charge is 0.407 e. The minimum absolute atomic E-state index is 0.0139. The van der Waals surface area contributed by atoms with Crippen molar-refractivity contribution in [2.45, 2.75) is 118 Å². The van der Waals surface area contributed by atoms with Crippen LogP contribution in [-0.4, -0.2) is 31.2 Å². The average molecular weight is 529 g/mol. The zero-order chi connectivity index (χ0) is 27.5. The van der Waals surface area contributed by atoms with E-state index in [0.29, 0.717) is 24.9 Å². The molecular weight excluding hydrogens is 472 g/mol. The predicted octanol–water partition coefficient (Wildman–Crippen LogP) is 6.79. The van der Waals surface area contributed by atoms with Gasteiger partial charge in [0.25, 0.3) is 0 Å². The number of carbonyl (C=O) groups is 1. The summed E-state index contributed by atoms with van der Waals surface area (Å²) in [7, 11) is 0. The molecule has 0 radical (unpaired) electrons. The third-order valence-corrected chi connectivity index (χ3v) is 11.4. The zero-order valence-corrected chi connectivity index (χ0v) is 24.9. The number of ether oxygens (including phenoxy) is 1. The average Bonchev–Trinajstić information content (AvgIpc) is 3.21. The van der Waals surface area contributed by atoms with Gasteiger partial charge >= 0.3 is 6.09 Å². The van der Waals surface area contributed by atoms with Crippen molar-refractivity contribution in [1.29, 1.82) is 0 Å². The van der Waals surface area contributed by atoms with Crippen molar-refractivity contribution in [3.63, 3.8) is 0 Å². The molecule has 1 unspecified atom stereocenters. The van der Waals surface area contributed by atoms with Crippen molar-refractivity contribution < 1.29 is 9.53 Å². The second-order valence-electron chi connectivity index (χ2n) is 14.1. The molecule has 38 heavy (non-hydrogen) atoms. The summed E-state index contributed by atoms with van der Waals surface area (Å²) in [5, 5.41) is 2.86. The molecule has 6 nitrogen and oxygen atoms in total. The van der Waals surface area contributed by atoms with Gasteiger partial charge in [0.2, 0.25) is 0 Å². The highest BCUT2D eigenvalue weighted by Gasteiger charge is 2.59. The number of alkyl carbamates (subject to hydrolysis) is 1. The van der Waals surface area contributed by atoms with Crippen molar-refractivity contribution in [1.82, 2.24) is 5.32 Å². The zero-order valence-electron chi connectivity index (χ0n) is 24.9. The monoisotopic (exact) mass is 528 g/mol. The van der Waals surface area contributed by atoms with Crippen LogP contribution in [0.4, 0.5) is 4.79 Å². The van der Waals surface area contributed by atoms with E-state index in [1.165, 1.54) is 51.4 Å². The molecule has 0 aromatic heterocycles. The van der Waals surface area contributed by atoms with Gasteiger partial charge in [-0.25, -0.2) is 4.79 Å². The lowest BCUT2D eigenvalue weighted by atomic mass is 9.47. The van der Waals surface area contributed by atoms with Crippen LogP contribution in [0.2, 0.25) is 0 Å². The molecule has 0 bridgehead atoms. The van der Waals surface area contributed by atoms with Crippen molar-refractivity contribution in [3.8, 4) is 0 Å². The largest absolute Gasteiger partial charge is 0.446 e. The van der Waals surface area contributed by atoms with E-state index in [4.69, 9.17) is 16.2 Å². The molecule has 216 valence electrons. The van der Waals surface area contributed by atoms with Crippen LogP contribution >= 0.6 is 0 Å². The van der Waals surface area contributed by atoms with Crippen molar-refractivity contribution in [2.24, 2.45) is 62.8 Å². The molecule has 0 aromatic rings. The second-order valence-corrected chi connectivity index (χ2v) is 14.1. The highest BCUT2D eigenvalue weighted by Crippen LogP contribution is 2.67. The number of allylic oxidation sites excluding steroid dienone is 1. The van der Waals surface area contributed by atoms with E-state index in [1.807, 2.05) is 0 Å².